The standard InChI is InChI=1S/C10H18N4O/c1-8-11-12-10(13(8)2)6-14-4-3-9(5-14)7-15/h9,15H,3-7H2,1-2H3. The van der Waals surface area contributed by atoms with Gasteiger partial charge >= 0.3 is 0 Å². The van der Waals surface area contributed by atoms with E-state index in [0.717, 1.165) is 37.7 Å². The molecule has 1 aromatic rings. The van der Waals surface area contributed by atoms with E-state index in [2.05, 4.69) is 15.1 Å². The predicted molar refractivity (Wildman–Crippen MR) is 56.2 cm³/mol. The van der Waals surface area contributed by atoms with Gasteiger partial charge in [0.15, 0.2) is 0 Å². The summed E-state index contributed by atoms with van der Waals surface area (Å²) in [6.07, 6.45) is 1.09. The van der Waals surface area contributed by atoms with Gasteiger partial charge in [0.05, 0.1) is 6.54 Å². The lowest BCUT2D eigenvalue weighted by molar-refractivity contribution is 0.218. The van der Waals surface area contributed by atoms with E-state index in [1.54, 1.807) is 0 Å². The summed E-state index contributed by atoms with van der Waals surface area (Å²) in [5.41, 5.74) is 0. The van der Waals surface area contributed by atoms with Crippen molar-refractivity contribution in [2.75, 3.05) is 19.7 Å². The van der Waals surface area contributed by atoms with E-state index in [9.17, 15) is 0 Å². The number of nitrogens with zero attached hydrogens (tertiary/aromatic N) is 4. The minimum atomic E-state index is 0.300. The largest absolute Gasteiger partial charge is 0.396 e. The van der Waals surface area contributed by atoms with E-state index in [-0.39, 0.29) is 0 Å². The summed E-state index contributed by atoms with van der Waals surface area (Å²) < 4.78 is 2.02. The number of rotatable bonds is 3. The van der Waals surface area contributed by atoms with Crippen molar-refractivity contribution in [1.29, 1.82) is 0 Å². The first-order valence-electron chi connectivity index (χ1n) is 5.38. The van der Waals surface area contributed by atoms with E-state index in [4.69, 9.17) is 5.11 Å². The first-order chi connectivity index (χ1) is 7.20. The zero-order valence-corrected chi connectivity index (χ0v) is 9.35. The lowest BCUT2D eigenvalue weighted by Gasteiger charge is -2.14. The normalized spacial score (nSPS) is 22.5. The van der Waals surface area contributed by atoms with Crippen LogP contribution in [0, 0.1) is 12.8 Å². The smallest absolute Gasteiger partial charge is 0.146 e. The van der Waals surface area contributed by atoms with Gasteiger partial charge in [-0.2, -0.15) is 0 Å². The molecule has 1 aromatic heterocycles. The molecule has 1 atom stereocenters. The second-order valence-corrected chi connectivity index (χ2v) is 4.29. The maximum atomic E-state index is 9.05. The SMILES string of the molecule is Cc1nnc(CN2CCC(CO)C2)n1C. The first kappa shape index (κ1) is 10.6. The minimum Gasteiger partial charge on any atom is -0.396 e. The molecule has 1 fully saturated rings. The molecule has 0 spiro atoms. The molecule has 0 radical (unpaired) electrons. The molecule has 84 valence electrons. The Morgan fingerprint density at radius 3 is 2.80 bits per heavy atom. The molecular formula is C10H18N4O. The highest BCUT2D eigenvalue weighted by Gasteiger charge is 2.22. The van der Waals surface area contributed by atoms with Gasteiger partial charge in [-0.15, -0.1) is 10.2 Å². The Morgan fingerprint density at radius 1 is 1.47 bits per heavy atom. The number of hydrogen-bond acceptors (Lipinski definition) is 4. The van der Waals surface area contributed by atoms with Crippen LogP contribution in [0.4, 0.5) is 0 Å². The average molecular weight is 210 g/mol. The molecule has 1 unspecified atom stereocenters. The topological polar surface area (TPSA) is 54.2 Å². The van der Waals surface area contributed by atoms with Crippen molar-refractivity contribution >= 4 is 0 Å². The van der Waals surface area contributed by atoms with Gasteiger partial charge in [0.2, 0.25) is 0 Å². The number of aliphatic hydroxyl groups excluding tert-OH is 1. The highest BCUT2D eigenvalue weighted by Crippen LogP contribution is 2.17. The van der Waals surface area contributed by atoms with Crippen molar-refractivity contribution in [3.05, 3.63) is 11.6 Å². The molecule has 1 saturated heterocycles. The Hall–Kier alpha value is -0.940. The van der Waals surface area contributed by atoms with Crippen LogP contribution >= 0.6 is 0 Å². The lowest BCUT2D eigenvalue weighted by Crippen LogP contribution is -2.22. The van der Waals surface area contributed by atoms with E-state index in [1.165, 1.54) is 0 Å². The molecular weight excluding hydrogens is 192 g/mol. The summed E-state index contributed by atoms with van der Waals surface area (Å²) in [7, 11) is 1.99. The lowest BCUT2D eigenvalue weighted by atomic mass is 10.1. The fraction of sp³-hybridized carbons (Fsp3) is 0.800. The first-order valence-corrected chi connectivity index (χ1v) is 5.38. The van der Waals surface area contributed by atoms with Crippen LogP contribution in [0.2, 0.25) is 0 Å². The van der Waals surface area contributed by atoms with Crippen molar-refractivity contribution in [2.45, 2.75) is 19.9 Å². The molecule has 5 heteroatoms. The highest BCUT2D eigenvalue weighted by molar-refractivity contribution is 4.93. The average Bonchev–Trinajstić information content (AvgIpc) is 2.80. The highest BCUT2D eigenvalue weighted by atomic mass is 16.3. The molecule has 5 nitrogen and oxygen atoms in total. The monoisotopic (exact) mass is 210 g/mol. The Bertz CT molecular complexity index is 336. The Morgan fingerprint density at radius 2 is 2.27 bits per heavy atom. The fourth-order valence-electron chi connectivity index (χ4n) is 1.99. The molecule has 0 saturated carbocycles. The number of likely N-dealkylation sites (tertiary alicyclic amines) is 1. The van der Waals surface area contributed by atoms with Crippen molar-refractivity contribution in [3.8, 4) is 0 Å². The Balaban J connectivity index is 1.95. The van der Waals surface area contributed by atoms with Crippen molar-refractivity contribution in [3.63, 3.8) is 0 Å². The quantitative estimate of drug-likeness (QED) is 0.759. The summed E-state index contributed by atoms with van der Waals surface area (Å²) >= 11 is 0. The number of hydrogen-bond donors (Lipinski definition) is 1. The molecule has 15 heavy (non-hydrogen) atoms. The van der Waals surface area contributed by atoms with Gasteiger partial charge in [-0.05, 0) is 25.8 Å². The van der Waals surface area contributed by atoms with Crippen LogP contribution in [-0.4, -0.2) is 44.5 Å². The predicted octanol–water partition coefficient (Wildman–Crippen LogP) is -0.0623. The summed E-state index contributed by atoms with van der Waals surface area (Å²) in [4.78, 5) is 2.32. The van der Waals surface area contributed by atoms with Gasteiger partial charge < -0.3 is 9.67 Å². The third-order valence-electron chi connectivity index (χ3n) is 3.18. The third kappa shape index (κ3) is 2.18. The summed E-state index contributed by atoms with van der Waals surface area (Å²) in [5, 5.41) is 17.2. The molecule has 2 heterocycles. The number of aryl methyl sites for hydroxylation is 1. The summed E-state index contributed by atoms with van der Waals surface area (Å²) in [5.74, 6) is 2.40. The second kappa shape index (κ2) is 4.28. The van der Waals surface area contributed by atoms with Crippen molar-refractivity contribution < 1.29 is 5.11 Å². The second-order valence-electron chi connectivity index (χ2n) is 4.29. The molecule has 2 rings (SSSR count). The van der Waals surface area contributed by atoms with Crippen LogP contribution in [0.15, 0.2) is 0 Å². The van der Waals surface area contributed by atoms with Crippen LogP contribution in [-0.2, 0) is 13.6 Å². The van der Waals surface area contributed by atoms with Crippen molar-refractivity contribution in [1.82, 2.24) is 19.7 Å². The zero-order valence-electron chi connectivity index (χ0n) is 9.35. The molecule has 1 N–H and O–H groups in total. The summed E-state index contributed by atoms with van der Waals surface area (Å²) in [6.45, 7) is 5.12. The van der Waals surface area contributed by atoms with E-state index in [0.29, 0.717) is 12.5 Å². The van der Waals surface area contributed by atoms with Crippen molar-refractivity contribution in [2.24, 2.45) is 13.0 Å². The fourth-order valence-corrected chi connectivity index (χ4v) is 1.99. The van der Waals surface area contributed by atoms with Gasteiger partial charge in [0, 0.05) is 20.2 Å². The van der Waals surface area contributed by atoms with Gasteiger partial charge in [0.25, 0.3) is 0 Å². The van der Waals surface area contributed by atoms with Crippen LogP contribution < -0.4 is 0 Å². The molecule has 1 aliphatic rings. The van der Waals surface area contributed by atoms with Gasteiger partial charge in [-0.25, -0.2) is 0 Å². The summed E-state index contributed by atoms with van der Waals surface area (Å²) in [6, 6.07) is 0. The van der Waals surface area contributed by atoms with Crippen LogP contribution in [0.5, 0.6) is 0 Å². The van der Waals surface area contributed by atoms with E-state index >= 15 is 0 Å². The molecule has 0 amide bonds. The van der Waals surface area contributed by atoms with Crippen LogP contribution in [0.3, 0.4) is 0 Å². The zero-order chi connectivity index (χ0) is 10.8. The molecule has 0 bridgehead atoms. The molecule has 0 aliphatic carbocycles. The maximum absolute atomic E-state index is 9.05. The van der Waals surface area contributed by atoms with Crippen LogP contribution in [0.25, 0.3) is 0 Å². The van der Waals surface area contributed by atoms with Gasteiger partial charge in [-0.1, -0.05) is 0 Å². The Kier molecular flexibility index (Phi) is 3.02. The van der Waals surface area contributed by atoms with Crippen LogP contribution in [0.1, 0.15) is 18.1 Å². The molecule has 0 aromatic carbocycles. The Labute approximate surface area is 89.7 Å². The third-order valence-corrected chi connectivity index (χ3v) is 3.18. The molecule has 1 aliphatic heterocycles. The van der Waals surface area contributed by atoms with Gasteiger partial charge in [-0.3, -0.25) is 4.90 Å². The van der Waals surface area contributed by atoms with E-state index in [1.807, 2.05) is 18.5 Å². The number of aromatic nitrogens is 3. The minimum absolute atomic E-state index is 0.300. The maximum Gasteiger partial charge on any atom is 0.146 e. The van der Waals surface area contributed by atoms with E-state index < -0.39 is 0 Å². The van der Waals surface area contributed by atoms with Gasteiger partial charge in [0.1, 0.15) is 11.6 Å². The number of aliphatic hydroxyl groups is 1.